The van der Waals surface area contributed by atoms with Gasteiger partial charge in [-0.05, 0) is 105 Å². The molecule has 3 rings (SSSR count). The third-order valence-electron chi connectivity index (χ3n) is 9.61. The highest BCUT2D eigenvalue weighted by Crippen LogP contribution is 2.58. The van der Waals surface area contributed by atoms with Gasteiger partial charge in [0.05, 0.1) is 0 Å². The SMILES string of the molecule is C.C.C.C.C=C1CC(C)(C(=C)C)CC/C1=C\C=C1/CCCC2(C)C(C/C=C/C(C)C(C)C)CCC12. The van der Waals surface area contributed by atoms with Crippen LogP contribution in [0, 0.1) is 34.5 Å². The molecule has 3 fully saturated rings. The number of hydrogen-bond acceptors (Lipinski definition) is 0. The molecule has 0 nitrogen and oxygen atoms in total. The molecule has 35 heavy (non-hydrogen) atoms. The Kier molecular flexibility index (Phi) is 14.8. The van der Waals surface area contributed by atoms with Gasteiger partial charge >= 0.3 is 0 Å². The topological polar surface area (TPSA) is 0 Å². The maximum Gasteiger partial charge on any atom is -0.00784 e. The summed E-state index contributed by atoms with van der Waals surface area (Å²) in [7, 11) is 0. The zero-order valence-electron chi connectivity index (χ0n) is 21.4. The Morgan fingerprint density at radius 1 is 1.00 bits per heavy atom. The Bertz CT molecular complexity index is 772. The van der Waals surface area contributed by atoms with Crippen LogP contribution in [-0.4, -0.2) is 0 Å². The van der Waals surface area contributed by atoms with E-state index < -0.39 is 0 Å². The molecular weight excluding hydrogens is 420 g/mol. The lowest BCUT2D eigenvalue weighted by Crippen LogP contribution is -2.33. The molecule has 3 saturated carbocycles. The average molecular weight is 485 g/mol. The molecule has 3 aliphatic carbocycles. The van der Waals surface area contributed by atoms with E-state index in [4.69, 9.17) is 0 Å². The summed E-state index contributed by atoms with van der Waals surface area (Å²) >= 11 is 0. The second kappa shape index (κ2) is 14.4. The summed E-state index contributed by atoms with van der Waals surface area (Å²) in [6.07, 6.45) is 21.5. The van der Waals surface area contributed by atoms with Gasteiger partial charge in [0.2, 0.25) is 0 Å². The standard InChI is InChI=1S/C31H48.4CH4/c1-22(2)24(5)11-9-13-28-16-17-29-27(12-10-19-31(28,29)8)15-14-26-18-20-30(7,23(3)4)21-25(26)6;;;;/h9,11,14-15,22,24,28-29H,3,6,10,12-13,16-21H2,1-2,4-5,7-8H3;4*1H4/b11-9+,26-14+,27-15+;;;;. The van der Waals surface area contributed by atoms with Gasteiger partial charge in [-0.2, -0.15) is 0 Å². The minimum atomic E-state index is 0. The van der Waals surface area contributed by atoms with Gasteiger partial charge < -0.3 is 0 Å². The van der Waals surface area contributed by atoms with Crippen LogP contribution in [0.1, 0.15) is 129 Å². The predicted octanol–water partition coefficient (Wildman–Crippen LogP) is 12.2. The fourth-order valence-electron chi connectivity index (χ4n) is 6.45. The van der Waals surface area contributed by atoms with E-state index in [1.165, 1.54) is 61.7 Å². The number of hydrogen-bond donors (Lipinski definition) is 0. The summed E-state index contributed by atoms with van der Waals surface area (Å²) in [5, 5.41) is 0. The molecule has 0 radical (unpaired) electrons. The molecule has 5 unspecified atom stereocenters. The van der Waals surface area contributed by atoms with E-state index in [0.29, 0.717) is 11.3 Å². The Hall–Kier alpha value is -1.30. The Morgan fingerprint density at radius 2 is 1.66 bits per heavy atom. The molecule has 0 heteroatoms. The molecule has 0 heterocycles. The fraction of sp³-hybridized carbons (Fsp3) is 0.714. The van der Waals surface area contributed by atoms with Gasteiger partial charge in [-0.15, -0.1) is 0 Å². The van der Waals surface area contributed by atoms with Crippen molar-refractivity contribution in [2.45, 2.75) is 129 Å². The molecule has 5 atom stereocenters. The summed E-state index contributed by atoms with van der Waals surface area (Å²) in [6.45, 7) is 22.8. The molecule has 204 valence electrons. The lowest BCUT2D eigenvalue weighted by molar-refractivity contribution is 0.137. The van der Waals surface area contributed by atoms with Gasteiger partial charge in [-0.3, -0.25) is 0 Å². The van der Waals surface area contributed by atoms with E-state index in [9.17, 15) is 0 Å². The van der Waals surface area contributed by atoms with Gasteiger partial charge in [-0.1, -0.05) is 119 Å². The molecule has 0 aromatic carbocycles. The molecule has 0 aromatic heterocycles. The van der Waals surface area contributed by atoms with Crippen LogP contribution >= 0.6 is 0 Å². The Labute approximate surface area is 223 Å². The number of rotatable bonds is 6. The molecule has 0 saturated heterocycles. The van der Waals surface area contributed by atoms with E-state index in [1.807, 2.05) is 0 Å². The molecule has 0 aliphatic heterocycles. The smallest absolute Gasteiger partial charge is 0.00784 e. The molecule has 0 aromatic rings. The third-order valence-corrected chi connectivity index (χ3v) is 9.61. The van der Waals surface area contributed by atoms with Crippen LogP contribution in [-0.2, 0) is 0 Å². The van der Waals surface area contributed by atoms with Gasteiger partial charge in [0.15, 0.2) is 0 Å². The van der Waals surface area contributed by atoms with E-state index in [1.54, 1.807) is 5.57 Å². The zero-order valence-corrected chi connectivity index (χ0v) is 21.4. The van der Waals surface area contributed by atoms with E-state index in [-0.39, 0.29) is 35.1 Å². The van der Waals surface area contributed by atoms with E-state index >= 15 is 0 Å². The Balaban J connectivity index is 0. The van der Waals surface area contributed by atoms with Gasteiger partial charge in [0.25, 0.3) is 0 Å². The molecule has 0 amide bonds. The van der Waals surface area contributed by atoms with Crippen LogP contribution in [0.25, 0.3) is 0 Å². The third kappa shape index (κ3) is 7.84. The van der Waals surface area contributed by atoms with Crippen LogP contribution in [0.3, 0.4) is 0 Å². The van der Waals surface area contributed by atoms with Crippen molar-refractivity contribution in [3.05, 3.63) is 59.8 Å². The van der Waals surface area contributed by atoms with Gasteiger partial charge in [0.1, 0.15) is 0 Å². The van der Waals surface area contributed by atoms with Crippen LogP contribution in [0.4, 0.5) is 0 Å². The highest BCUT2D eigenvalue weighted by molar-refractivity contribution is 5.38. The van der Waals surface area contributed by atoms with Crippen molar-refractivity contribution in [3.8, 4) is 0 Å². The van der Waals surface area contributed by atoms with E-state index in [0.717, 1.165) is 30.6 Å². The first-order chi connectivity index (χ1) is 14.6. The Morgan fingerprint density at radius 3 is 2.23 bits per heavy atom. The lowest BCUT2D eigenvalue weighted by Gasteiger charge is -2.42. The average Bonchev–Trinajstić information content (AvgIpc) is 3.04. The summed E-state index contributed by atoms with van der Waals surface area (Å²) in [6, 6.07) is 0. The van der Waals surface area contributed by atoms with Crippen LogP contribution in [0.2, 0.25) is 0 Å². The zero-order chi connectivity index (χ0) is 22.8. The molecule has 3 aliphatic rings. The first kappa shape index (κ1) is 35.9. The van der Waals surface area contributed by atoms with E-state index in [2.05, 4.69) is 79.0 Å². The minimum absolute atomic E-state index is 0. The van der Waals surface area contributed by atoms with Crippen molar-refractivity contribution >= 4 is 0 Å². The normalized spacial score (nSPS) is 33.4. The van der Waals surface area contributed by atoms with Crippen molar-refractivity contribution in [3.63, 3.8) is 0 Å². The number of fused-ring (bicyclic) bond motifs is 1. The maximum atomic E-state index is 4.44. The van der Waals surface area contributed by atoms with Crippen molar-refractivity contribution in [1.29, 1.82) is 0 Å². The monoisotopic (exact) mass is 485 g/mol. The summed E-state index contributed by atoms with van der Waals surface area (Å²) in [5.74, 6) is 3.07. The van der Waals surface area contributed by atoms with Crippen molar-refractivity contribution in [1.82, 2.24) is 0 Å². The molecule has 0 N–H and O–H groups in total. The van der Waals surface area contributed by atoms with Crippen molar-refractivity contribution in [2.75, 3.05) is 0 Å². The summed E-state index contributed by atoms with van der Waals surface area (Å²) < 4.78 is 0. The van der Waals surface area contributed by atoms with Gasteiger partial charge in [-0.25, -0.2) is 0 Å². The molecule has 0 spiro atoms. The first-order valence-corrected chi connectivity index (χ1v) is 13.0. The van der Waals surface area contributed by atoms with Gasteiger partial charge in [0, 0.05) is 0 Å². The van der Waals surface area contributed by atoms with Crippen LogP contribution in [0.15, 0.2) is 59.8 Å². The quantitative estimate of drug-likeness (QED) is 0.329. The predicted molar refractivity (Wildman–Crippen MR) is 165 cm³/mol. The minimum Gasteiger partial charge on any atom is -0.0996 e. The van der Waals surface area contributed by atoms with Crippen LogP contribution in [0.5, 0.6) is 0 Å². The maximum absolute atomic E-state index is 4.44. The molecule has 0 bridgehead atoms. The van der Waals surface area contributed by atoms with Crippen molar-refractivity contribution < 1.29 is 0 Å². The van der Waals surface area contributed by atoms with Crippen molar-refractivity contribution in [2.24, 2.45) is 34.5 Å². The number of allylic oxidation sites excluding steroid dienone is 8. The van der Waals surface area contributed by atoms with Crippen LogP contribution < -0.4 is 0 Å². The largest absolute Gasteiger partial charge is 0.0996 e. The molecular formula is C35H64. The fourth-order valence-corrected chi connectivity index (χ4v) is 6.45. The summed E-state index contributed by atoms with van der Waals surface area (Å²) in [4.78, 5) is 0. The second-order valence-corrected chi connectivity index (χ2v) is 12.0. The highest BCUT2D eigenvalue weighted by atomic mass is 14.5. The summed E-state index contributed by atoms with van der Waals surface area (Å²) in [5.41, 5.74) is 6.59. The highest BCUT2D eigenvalue weighted by Gasteiger charge is 2.48. The second-order valence-electron chi connectivity index (χ2n) is 12.0. The lowest BCUT2D eigenvalue weighted by atomic mass is 9.63. The first-order valence-electron chi connectivity index (χ1n) is 13.0.